The lowest BCUT2D eigenvalue weighted by Crippen LogP contribution is -2.56. The summed E-state index contributed by atoms with van der Waals surface area (Å²) in [5, 5.41) is 5.61. The summed E-state index contributed by atoms with van der Waals surface area (Å²) in [7, 11) is 1.48. The van der Waals surface area contributed by atoms with Crippen molar-refractivity contribution in [3.63, 3.8) is 0 Å². The van der Waals surface area contributed by atoms with Crippen LogP contribution >= 0.6 is 0 Å². The van der Waals surface area contributed by atoms with Crippen molar-refractivity contribution in [3.05, 3.63) is 29.6 Å². The average Bonchev–Trinajstić information content (AvgIpc) is 2.59. The van der Waals surface area contributed by atoms with Crippen LogP contribution in [0.2, 0.25) is 0 Å². The number of carbonyl (C=O) groups excluding carboxylic acids is 2. The molecule has 2 N–H and O–H groups in total. The first kappa shape index (κ1) is 19.2. The van der Waals surface area contributed by atoms with Crippen LogP contribution in [0.5, 0.6) is 5.75 Å². The second kappa shape index (κ2) is 9.36. The van der Waals surface area contributed by atoms with Gasteiger partial charge in [0.05, 0.1) is 19.6 Å². The quantitative estimate of drug-likeness (QED) is 0.696. The second-order valence-electron chi connectivity index (χ2n) is 6.14. The lowest BCUT2D eigenvalue weighted by atomic mass is 10.1. The minimum absolute atomic E-state index is 0.0767. The molecule has 1 aliphatic rings. The third kappa shape index (κ3) is 5.42. The molecular weight excluding hydrogens is 325 g/mol. The van der Waals surface area contributed by atoms with Gasteiger partial charge in [-0.1, -0.05) is 19.4 Å². The Morgan fingerprint density at radius 1 is 1.48 bits per heavy atom. The highest BCUT2D eigenvalue weighted by Gasteiger charge is 2.31. The summed E-state index contributed by atoms with van der Waals surface area (Å²) in [5.41, 5.74) is 0.479. The molecule has 1 aromatic rings. The molecule has 0 spiro atoms. The van der Waals surface area contributed by atoms with E-state index >= 15 is 0 Å². The van der Waals surface area contributed by atoms with Crippen LogP contribution in [0.3, 0.4) is 0 Å². The molecule has 6 nitrogen and oxygen atoms in total. The monoisotopic (exact) mass is 351 g/mol. The van der Waals surface area contributed by atoms with Gasteiger partial charge in [0.15, 0.2) is 0 Å². The van der Waals surface area contributed by atoms with Crippen LogP contribution in [0.25, 0.3) is 0 Å². The van der Waals surface area contributed by atoms with E-state index in [-0.39, 0.29) is 30.6 Å². The van der Waals surface area contributed by atoms with Crippen molar-refractivity contribution in [2.45, 2.75) is 38.8 Å². The number of halogens is 1. The minimum Gasteiger partial charge on any atom is -0.497 e. The summed E-state index contributed by atoms with van der Waals surface area (Å²) in [6, 6.07) is 4.08. The standard InChI is InChI=1S/C18H26FN3O3/c1-3-4-7-20-17(23)11-16-18(24)21-8-9-22(16)12-13-5-6-14(25-2)10-15(13)19/h5-6,10,16H,3-4,7-9,11-12H2,1-2H3,(H,20,23)(H,21,24). The Morgan fingerprint density at radius 3 is 2.96 bits per heavy atom. The highest BCUT2D eigenvalue weighted by molar-refractivity contribution is 5.88. The third-order valence-electron chi connectivity index (χ3n) is 4.31. The van der Waals surface area contributed by atoms with Gasteiger partial charge in [-0.05, 0) is 12.5 Å². The third-order valence-corrected chi connectivity index (χ3v) is 4.31. The summed E-state index contributed by atoms with van der Waals surface area (Å²) in [5.74, 6) is -0.275. The number of nitrogens with one attached hydrogen (secondary N) is 2. The van der Waals surface area contributed by atoms with Crippen molar-refractivity contribution < 1.29 is 18.7 Å². The minimum atomic E-state index is -0.586. The molecule has 1 heterocycles. The number of nitrogens with zero attached hydrogens (tertiary/aromatic N) is 1. The summed E-state index contributed by atoms with van der Waals surface area (Å²) >= 11 is 0. The van der Waals surface area contributed by atoms with Crippen molar-refractivity contribution in [2.24, 2.45) is 0 Å². The zero-order chi connectivity index (χ0) is 18.2. The van der Waals surface area contributed by atoms with E-state index in [0.717, 1.165) is 12.8 Å². The summed E-state index contributed by atoms with van der Waals surface area (Å²) in [4.78, 5) is 26.1. The predicted octanol–water partition coefficient (Wildman–Crippen LogP) is 1.44. The fourth-order valence-corrected chi connectivity index (χ4v) is 2.83. The fourth-order valence-electron chi connectivity index (χ4n) is 2.83. The Labute approximate surface area is 147 Å². The van der Waals surface area contributed by atoms with Crippen LogP contribution < -0.4 is 15.4 Å². The van der Waals surface area contributed by atoms with Gasteiger partial charge >= 0.3 is 0 Å². The average molecular weight is 351 g/mol. The molecule has 0 radical (unpaired) electrons. The van der Waals surface area contributed by atoms with E-state index in [1.54, 1.807) is 12.1 Å². The Balaban J connectivity index is 2.03. The number of ether oxygens (including phenoxy) is 1. The highest BCUT2D eigenvalue weighted by Crippen LogP contribution is 2.20. The van der Waals surface area contributed by atoms with E-state index in [0.29, 0.717) is 30.9 Å². The highest BCUT2D eigenvalue weighted by atomic mass is 19.1. The van der Waals surface area contributed by atoms with Crippen molar-refractivity contribution >= 4 is 11.8 Å². The van der Waals surface area contributed by atoms with Crippen molar-refractivity contribution in [1.29, 1.82) is 0 Å². The maximum Gasteiger partial charge on any atom is 0.237 e. The van der Waals surface area contributed by atoms with Crippen molar-refractivity contribution in [2.75, 3.05) is 26.7 Å². The Bertz CT molecular complexity index is 609. The number of rotatable bonds is 8. The second-order valence-corrected chi connectivity index (χ2v) is 6.14. The molecule has 1 saturated heterocycles. The molecular formula is C18H26FN3O3. The maximum atomic E-state index is 14.2. The summed E-state index contributed by atoms with van der Waals surface area (Å²) < 4.78 is 19.2. The first-order chi connectivity index (χ1) is 12.0. The number of hydrogen-bond donors (Lipinski definition) is 2. The first-order valence-electron chi connectivity index (χ1n) is 8.66. The van der Waals surface area contributed by atoms with Gasteiger partial charge in [-0.3, -0.25) is 14.5 Å². The predicted molar refractivity (Wildman–Crippen MR) is 92.7 cm³/mol. The molecule has 2 rings (SSSR count). The number of benzene rings is 1. The Hall–Kier alpha value is -2.15. The molecule has 1 fully saturated rings. The topological polar surface area (TPSA) is 70.7 Å². The molecule has 25 heavy (non-hydrogen) atoms. The molecule has 1 aromatic carbocycles. The number of carbonyl (C=O) groups is 2. The Kier molecular flexibility index (Phi) is 7.18. The van der Waals surface area contributed by atoms with Gasteiger partial charge in [0, 0.05) is 37.8 Å². The number of amides is 2. The molecule has 1 atom stereocenters. The fraction of sp³-hybridized carbons (Fsp3) is 0.556. The molecule has 2 amide bonds. The van der Waals surface area contributed by atoms with Crippen LogP contribution in [-0.4, -0.2) is 49.5 Å². The largest absolute Gasteiger partial charge is 0.497 e. The van der Waals surface area contributed by atoms with Crippen LogP contribution in [0, 0.1) is 5.82 Å². The number of piperazine rings is 1. The van der Waals surface area contributed by atoms with Gasteiger partial charge in [0.25, 0.3) is 0 Å². The van der Waals surface area contributed by atoms with Gasteiger partial charge in [-0.2, -0.15) is 0 Å². The van der Waals surface area contributed by atoms with Crippen LogP contribution in [0.1, 0.15) is 31.7 Å². The molecule has 138 valence electrons. The summed E-state index contributed by atoms with van der Waals surface area (Å²) in [6.45, 7) is 3.99. The van der Waals surface area contributed by atoms with Crippen LogP contribution in [0.4, 0.5) is 4.39 Å². The summed E-state index contributed by atoms with van der Waals surface area (Å²) in [6.07, 6.45) is 1.98. The zero-order valence-electron chi connectivity index (χ0n) is 14.8. The van der Waals surface area contributed by atoms with Crippen molar-refractivity contribution in [1.82, 2.24) is 15.5 Å². The normalized spacial score (nSPS) is 17.9. The molecule has 0 aromatic heterocycles. The van der Waals surface area contributed by atoms with E-state index in [2.05, 4.69) is 10.6 Å². The van der Waals surface area contributed by atoms with Gasteiger partial charge in [-0.25, -0.2) is 4.39 Å². The first-order valence-corrected chi connectivity index (χ1v) is 8.66. The molecule has 0 aliphatic carbocycles. The van der Waals surface area contributed by atoms with Gasteiger partial charge < -0.3 is 15.4 Å². The molecule has 7 heteroatoms. The Morgan fingerprint density at radius 2 is 2.28 bits per heavy atom. The maximum absolute atomic E-state index is 14.2. The van der Waals surface area contributed by atoms with Crippen molar-refractivity contribution in [3.8, 4) is 5.75 Å². The molecule has 0 bridgehead atoms. The van der Waals surface area contributed by atoms with E-state index in [9.17, 15) is 14.0 Å². The number of hydrogen-bond acceptors (Lipinski definition) is 4. The number of methoxy groups -OCH3 is 1. The zero-order valence-corrected chi connectivity index (χ0v) is 14.8. The lowest BCUT2D eigenvalue weighted by Gasteiger charge is -2.34. The van der Waals surface area contributed by atoms with E-state index in [1.165, 1.54) is 13.2 Å². The lowest BCUT2D eigenvalue weighted by molar-refractivity contribution is -0.134. The molecule has 0 saturated carbocycles. The van der Waals surface area contributed by atoms with Gasteiger partial charge in [-0.15, -0.1) is 0 Å². The van der Waals surface area contributed by atoms with Crippen LogP contribution in [-0.2, 0) is 16.1 Å². The van der Waals surface area contributed by atoms with E-state index in [4.69, 9.17) is 4.74 Å². The van der Waals surface area contributed by atoms with Gasteiger partial charge in [0.1, 0.15) is 11.6 Å². The smallest absolute Gasteiger partial charge is 0.237 e. The SMILES string of the molecule is CCCCNC(=O)CC1C(=O)NCCN1Cc1ccc(OC)cc1F. The number of unbranched alkanes of at least 4 members (excludes halogenated alkanes) is 1. The molecule has 1 unspecified atom stereocenters. The van der Waals surface area contributed by atoms with E-state index < -0.39 is 6.04 Å². The van der Waals surface area contributed by atoms with Crippen LogP contribution in [0.15, 0.2) is 18.2 Å². The van der Waals surface area contributed by atoms with E-state index in [1.807, 2.05) is 11.8 Å². The van der Waals surface area contributed by atoms with Gasteiger partial charge in [0.2, 0.25) is 11.8 Å². The molecule has 1 aliphatic heterocycles.